The van der Waals surface area contributed by atoms with E-state index in [1.54, 1.807) is 0 Å². The van der Waals surface area contributed by atoms with Gasteiger partial charge >= 0.3 is 0 Å². The third-order valence-corrected chi connectivity index (χ3v) is 0. The second-order valence-electron chi connectivity index (χ2n) is 0. The fourth-order valence-electron chi connectivity index (χ4n) is 0. The summed E-state index contributed by atoms with van der Waals surface area (Å²) in [5, 5.41) is 0. The minimum Gasteiger partial charge on any atom is -1.00 e. The van der Waals surface area contributed by atoms with E-state index in [2.05, 4.69) is 33.9 Å². The van der Waals surface area contributed by atoms with Crippen LogP contribution in [0.4, 0.5) is 0 Å². The monoisotopic (exact) mass is 411 g/mol. The van der Waals surface area contributed by atoms with E-state index in [0.29, 0.717) is 0 Å². The van der Waals surface area contributed by atoms with Gasteiger partial charge in [-0.25, -0.2) is 0 Å². The molecule has 0 heterocycles. The van der Waals surface area contributed by atoms with Crippen LogP contribution in [0.2, 0.25) is 0 Å². The van der Waals surface area contributed by atoms with Crippen LogP contribution in [0.5, 0.6) is 0 Å². The van der Waals surface area contributed by atoms with Crippen LogP contribution in [0, 0.1) is 0 Å². The summed E-state index contributed by atoms with van der Waals surface area (Å²) in [5.41, 5.74) is 0. The van der Waals surface area contributed by atoms with E-state index in [1.807, 2.05) is 0 Å². The topological polar surface area (TPSA) is 85.3 Å². The van der Waals surface area contributed by atoms with Crippen LogP contribution in [0.15, 0.2) is 0 Å². The minimum absolute atomic E-state index is 0. The van der Waals surface area contributed by atoms with Gasteiger partial charge in [-0.05, 0) is 0 Å². The van der Waals surface area contributed by atoms with Crippen LogP contribution >= 0.6 is 0 Å². The molecular formula is C5H5BrO5Re-. The Morgan fingerprint density at radius 2 is 0.417 bits per heavy atom. The van der Waals surface area contributed by atoms with Gasteiger partial charge in [-0.2, -0.15) is 0 Å². The summed E-state index contributed by atoms with van der Waals surface area (Å²) in [5.74, 6) is 0. The van der Waals surface area contributed by atoms with Crippen molar-refractivity contribution in [1.82, 2.24) is 0 Å². The second kappa shape index (κ2) is 3670. The maximum Gasteiger partial charge on any atom is 0.182 e. The summed E-state index contributed by atoms with van der Waals surface area (Å²) in [6, 6.07) is 0. The Kier molecular flexibility index (Phi) is 19200. The van der Waals surface area contributed by atoms with Crippen LogP contribution in [0.3, 0.4) is 0 Å². The van der Waals surface area contributed by atoms with Gasteiger partial charge in [-0.3, -0.25) is 24.0 Å². The maximum atomic E-state index is 7.75. The van der Waals surface area contributed by atoms with E-state index in [-0.39, 0.29) is 37.4 Å². The van der Waals surface area contributed by atoms with Gasteiger partial charge in [0.1, 0.15) is 0 Å². The Morgan fingerprint density at radius 1 is 0.417 bits per heavy atom. The van der Waals surface area contributed by atoms with Gasteiger partial charge in [-0.1, -0.05) is 0 Å². The Hall–Kier alpha value is -0.508. The molecule has 0 atom stereocenters. The molecule has 0 N–H and O–H groups in total. The van der Waals surface area contributed by atoms with Crippen LogP contribution in [-0.2, 0) is 44.4 Å². The first-order valence-electron chi connectivity index (χ1n) is 1.18. The normalized spacial score (nSPS) is 1.67. The fourth-order valence-corrected chi connectivity index (χ4v) is 0. The van der Waals surface area contributed by atoms with Crippen LogP contribution in [0.1, 0.15) is 0 Å². The number of hydrogen-bond donors (Lipinski definition) is 0. The van der Waals surface area contributed by atoms with E-state index in [1.165, 1.54) is 0 Å². The third-order valence-electron chi connectivity index (χ3n) is 0. The van der Waals surface area contributed by atoms with Crippen molar-refractivity contribution in [3.05, 3.63) is 0 Å². The van der Waals surface area contributed by atoms with E-state index < -0.39 is 0 Å². The van der Waals surface area contributed by atoms with Gasteiger partial charge in [0, 0.05) is 20.4 Å². The Bertz CT molecular complexity index is 31.4. The zero-order valence-corrected chi connectivity index (χ0v) is 9.99. The van der Waals surface area contributed by atoms with Crippen molar-refractivity contribution in [1.29, 1.82) is 0 Å². The van der Waals surface area contributed by atoms with Gasteiger partial charge < -0.3 is 17.0 Å². The molecular weight excluding hydrogens is 406 g/mol. The molecule has 6 radical (unpaired) electrons. The zero-order chi connectivity index (χ0) is 10.0. The fraction of sp³-hybridized carbons (Fsp3) is 0. The molecule has 12 heavy (non-hydrogen) atoms. The molecule has 0 aromatic rings. The molecule has 5 nitrogen and oxygen atoms in total. The van der Waals surface area contributed by atoms with Crippen LogP contribution < -0.4 is 17.0 Å². The molecule has 0 aromatic carbocycles. The number of rotatable bonds is 0. The van der Waals surface area contributed by atoms with Crippen molar-refractivity contribution in [3.8, 4) is 0 Å². The Balaban J connectivity index is -0.00000000500. The first kappa shape index (κ1) is 62.7. The van der Waals surface area contributed by atoms with E-state index >= 15 is 0 Å². The van der Waals surface area contributed by atoms with Gasteiger partial charge in [0.15, 0.2) is 33.9 Å². The number of carbonyl (C=O) groups excluding carboxylic acids is 5. The minimum atomic E-state index is 0. The molecule has 0 rings (SSSR count). The van der Waals surface area contributed by atoms with Gasteiger partial charge in [-0.15, -0.1) is 0 Å². The first-order chi connectivity index (χ1) is 5.00. The Labute approximate surface area is 95.3 Å². The van der Waals surface area contributed by atoms with Crippen molar-refractivity contribution in [2.24, 2.45) is 0 Å². The average Bonchev–Trinajstić information content (AvgIpc) is 2.20. The summed E-state index contributed by atoms with van der Waals surface area (Å²) in [6.45, 7) is 16.2. The summed E-state index contributed by atoms with van der Waals surface area (Å²) >= 11 is 0. The van der Waals surface area contributed by atoms with Gasteiger partial charge in [0.2, 0.25) is 0 Å². The predicted octanol–water partition coefficient (Wildman–Crippen LogP) is -4.37. The smallest absolute Gasteiger partial charge is 0.182 e. The molecule has 0 aliphatic rings. The molecule has 0 fully saturated rings. The summed E-state index contributed by atoms with van der Waals surface area (Å²) in [7, 11) is 0. The molecule has 0 aromatic heterocycles. The summed E-state index contributed by atoms with van der Waals surface area (Å²) < 4.78 is 0. The van der Waals surface area contributed by atoms with Crippen molar-refractivity contribution < 1.29 is 61.4 Å². The SMILES string of the molecule is [Br-].[CH]=O.[CH]=O.[CH]=O.[CH]=O.[CH]=O.[Re]. The first-order valence-corrected chi connectivity index (χ1v) is 1.18. The average molecular weight is 411 g/mol. The van der Waals surface area contributed by atoms with Crippen molar-refractivity contribution >= 4 is 33.9 Å². The van der Waals surface area contributed by atoms with Crippen LogP contribution in [-0.4, -0.2) is 33.9 Å². The third kappa shape index (κ3) is 2660. The van der Waals surface area contributed by atoms with E-state index in [9.17, 15) is 0 Å². The molecule has 0 saturated carbocycles. The van der Waals surface area contributed by atoms with Crippen LogP contribution in [0.25, 0.3) is 0 Å². The standard InChI is InChI=1S/5CHO.BrH.Re/c5*1-2;;/h5*1H;1H;/p-1. The molecule has 0 amide bonds. The van der Waals surface area contributed by atoms with E-state index in [0.717, 1.165) is 0 Å². The van der Waals surface area contributed by atoms with Crippen molar-refractivity contribution in [2.45, 2.75) is 0 Å². The molecule has 7 heteroatoms. The quantitative estimate of drug-likeness (QED) is 0.376. The molecule has 0 aliphatic carbocycles. The second-order valence-corrected chi connectivity index (χ2v) is 0. The largest absolute Gasteiger partial charge is 1.00 e. The number of hydrogen-bond acceptors (Lipinski definition) is 5. The van der Waals surface area contributed by atoms with Crippen molar-refractivity contribution in [3.63, 3.8) is 0 Å². The Morgan fingerprint density at radius 3 is 0.417 bits per heavy atom. The molecule has 0 bridgehead atoms. The maximum absolute atomic E-state index is 7.75. The zero-order valence-electron chi connectivity index (χ0n) is 5.68. The summed E-state index contributed by atoms with van der Waals surface area (Å²) in [4.78, 5) is 38.8. The van der Waals surface area contributed by atoms with Gasteiger partial charge in [0.25, 0.3) is 0 Å². The molecule has 0 saturated heterocycles. The molecule has 70 valence electrons. The summed E-state index contributed by atoms with van der Waals surface area (Å²) in [6.07, 6.45) is 0. The van der Waals surface area contributed by atoms with Gasteiger partial charge in [0.05, 0.1) is 0 Å². The number of halogens is 1. The molecule has 0 aliphatic heterocycles. The predicted molar refractivity (Wildman–Crippen MR) is 33.8 cm³/mol. The van der Waals surface area contributed by atoms with Crippen molar-refractivity contribution in [2.75, 3.05) is 0 Å². The van der Waals surface area contributed by atoms with E-state index in [4.69, 9.17) is 24.0 Å². The molecule has 0 spiro atoms. The molecule has 0 unspecified atom stereocenters.